The predicted molar refractivity (Wildman–Crippen MR) is 59.5 cm³/mol. The minimum Gasteiger partial charge on any atom is -0.504 e. The number of phenols is 2. The van der Waals surface area contributed by atoms with Gasteiger partial charge in [0, 0.05) is 18.2 Å². The van der Waals surface area contributed by atoms with Gasteiger partial charge in [-0.3, -0.25) is 4.79 Å². The third-order valence-corrected chi connectivity index (χ3v) is 3.04. The van der Waals surface area contributed by atoms with Crippen LogP contribution in [0.2, 0.25) is 0 Å². The average molecular weight is 221 g/mol. The molecular formula is C12H15NO3. The van der Waals surface area contributed by atoms with Crippen LogP contribution in [0.3, 0.4) is 0 Å². The summed E-state index contributed by atoms with van der Waals surface area (Å²) in [4.78, 5) is 13.9. The van der Waals surface area contributed by atoms with E-state index in [4.69, 9.17) is 5.11 Å². The summed E-state index contributed by atoms with van der Waals surface area (Å²) in [5, 5.41) is 18.5. The van der Waals surface area contributed by atoms with E-state index in [1.807, 2.05) is 6.92 Å². The summed E-state index contributed by atoms with van der Waals surface area (Å²) in [6.45, 7) is 2.78. The van der Waals surface area contributed by atoms with Crippen LogP contribution >= 0.6 is 0 Å². The zero-order valence-electron chi connectivity index (χ0n) is 9.18. The van der Waals surface area contributed by atoms with Gasteiger partial charge in [0.1, 0.15) is 0 Å². The monoisotopic (exact) mass is 221 g/mol. The van der Waals surface area contributed by atoms with Crippen LogP contribution in [0, 0.1) is 0 Å². The van der Waals surface area contributed by atoms with Crippen molar-refractivity contribution in [3.05, 3.63) is 23.8 Å². The summed E-state index contributed by atoms with van der Waals surface area (Å²) >= 11 is 0. The normalized spacial score (nSPS) is 20.1. The second-order valence-electron chi connectivity index (χ2n) is 4.19. The Morgan fingerprint density at radius 2 is 2.12 bits per heavy atom. The summed E-state index contributed by atoms with van der Waals surface area (Å²) in [5.74, 6) is -0.538. The van der Waals surface area contributed by atoms with Crippen LogP contribution in [-0.4, -0.2) is 33.6 Å². The number of likely N-dealkylation sites (tertiary alicyclic amines) is 1. The summed E-state index contributed by atoms with van der Waals surface area (Å²) in [6, 6.07) is 4.43. The molecule has 16 heavy (non-hydrogen) atoms. The number of benzene rings is 1. The number of carbonyl (C=O) groups excluding carboxylic acids is 1. The lowest BCUT2D eigenvalue weighted by atomic mass is 10.1. The van der Waals surface area contributed by atoms with Gasteiger partial charge in [0.25, 0.3) is 5.91 Å². The maximum absolute atomic E-state index is 12.1. The average Bonchev–Trinajstić information content (AvgIpc) is 2.67. The summed E-state index contributed by atoms with van der Waals surface area (Å²) in [7, 11) is 0. The van der Waals surface area contributed by atoms with Gasteiger partial charge in [-0.1, -0.05) is 0 Å². The van der Waals surface area contributed by atoms with Crippen molar-refractivity contribution in [1.29, 1.82) is 0 Å². The van der Waals surface area contributed by atoms with Crippen molar-refractivity contribution < 1.29 is 15.0 Å². The Labute approximate surface area is 94.1 Å². The van der Waals surface area contributed by atoms with Crippen molar-refractivity contribution in [2.24, 2.45) is 0 Å². The number of carbonyl (C=O) groups is 1. The van der Waals surface area contributed by atoms with Crippen molar-refractivity contribution in [1.82, 2.24) is 4.90 Å². The maximum Gasteiger partial charge on any atom is 0.254 e. The first-order valence-electron chi connectivity index (χ1n) is 5.42. The highest BCUT2D eigenvalue weighted by Gasteiger charge is 2.26. The molecule has 0 aromatic heterocycles. The van der Waals surface area contributed by atoms with Gasteiger partial charge in [0.05, 0.1) is 0 Å². The molecule has 1 aliphatic rings. The summed E-state index contributed by atoms with van der Waals surface area (Å²) in [5.41, 5.74) is 0.420. The van der Waals surface area contributed by atoms with Gasteiger partial charge in [0.2, 0.25) is 0 Å². The number of phenolic OH excluding ortho intramolecular Hbond substituents is 2. The van der Waals surface area contributed by atoms with Crippen LogP contribution in [0.25, 0.3) is 0 Å². The maximum atomic E-state index is 12.1. The second kappa shape index (κ2) is 4.04. The van der Waals surface area contributed by atoms with Gasteiger partial charge in [-0.15, -0.1) is 0 Å². The Bertz CT molecular complexity index is 417. The van der Waals surface area contributed by atoms with Gasteiger partial charge in [0.15, 0.2) is 11.5 Å². The van der Waals surface area contributed by atoms with Gasteiger partial charge in [-0.2, -0.15) is 0 Å². The first kappa shape index (κ1) is 10.8. The second-order valence-corrected chi connectivity index (χ2v) is 4.19. The van der Waals surface area contributed by atoms with E-state index in [1.165, 1.54) is 18.2 Å². The quantitative estimate of drug-likeness (QED) is 0.710. The molecule has 0 saturated carbocycles. The molecule has 86 valence electrons. The fourth-order valence-corrected chi connectivity index (χ4v) is 2.06. The molecule has 1 amide bonds. The molecule has 2 N–H and O–H groups in total. The Hall–Kier alpha value is -1.71. The lowest BCUT2D eigenvalue weighted by Gasteiger charge is -2.21. The van der Waals surface area contributed by atoms with Gasteiger partial charge in [-0.05, 0) is 38.0 Å². The predicted octanol–water partition coefficient (Wildman–Crippen LogP) is 1.72. The van der Waals surface area contributed by atoms with Crippen molar-refractivity contribution in [2.45, 2.75) is 25.8 Å². The van der Waals surface area contributed by atoms with E-state index in [-0.39, 0.29) is 23.4 Å². The molecule has 1 heterocycles. The Morgan fingerprint density at radius 1 is 1.38 bits per heavy atom. The topological polar surface area (TPSA) is 60.8 Å². The molecule has 4 heteroatoms. The molecule has 1 aliphatic heterocycles. The number of hydrogen-bond donors (Lipinski definition) is 2. The molecule has 1 saturated heterocycles. The SMILES string of the molecule is CC1CCCN1C(=O)c1ccc(O)c(O)c1. The van der Waals surface area contributed by atoms with Crippen molar-refractivity contribution in [3.8, 4) is 11.5 Å². The first-order chi connectivity index (χ1) is 7.59. The summed E-state index contributed by atoms with van der Waals surface area (Å²) < 4.78 is 0. The molecule has 0 aliphatic carbocycles. The lowest BCUT2D eigenvalue weighted by molar-refractivity contribution is 0.0747. The Balaban J connectivity index is 2.23. The van der Waals surface area contributed by atoms with Crippen LogP contribution in [-0.2, 0) is 0 Å². The van der Waals surface area contributed by atoms with E-state index in [9.17, 15) is 9.90 Å². The largest absolute Gasteiger partial charge is 0.504 e. The third-order valence-electron chi connectivity index (χ3n) is 3.04. The molecule has 4 nitrogen and oxygen atoms in total. The molecule has 1 atom stereocenters. The number of hydrogen-bond acceptors (Lipinski definition) is 3. The van der Waals surface area contributed by atoms with Crippen molar-refractivity contribution >= 4 is 5.91 Å². The minimum atomic E-state index is -0.252. The van der Waals surface area contributed by atoms with E-state index in [2.05, 4.69) is 0 Å². The smallest absolute Gasteiger partial charge is 0.254 e. The molecule has 0 radical (unpaired) electrons. The zero-order chi connectivity index (χ0) is 11.7. The molecular weight excluding hydrogens is 206 g/mol. The number of nitrogens with zero attached hydrogens (tertiary/aromatic N) is 1. The molecule has 1 aromatic rings. The molecule has 1 fully saturated rings. The van der Waals surface area contributed by atoms with Crippen LogP contribution in [0.15, 0.2) is 18.2 Å². The minimum absolute atomic E-state index is 0.0831. The standard InChI is InChI=1S/C12H15NO3/c1-8-3-2-6-13(8)12(16)9-4-5-10(14)11(15)7-9/h4-5,7-8,14-15H,2-3,6H2,1H3. The molecule has 2 rings (SSSR count). The first-order valence-corrected chi connectivity index (χ1v) is 5.42. The number of amides is 1. The zero-order valence-corrected chi connectivity index (χ0v) is 9.18. The Morgan fingerprint density at radius 3 is 2.69 bits per heavy atom. The van der Waals surface area contributed by atoms with Crippen LogP contribution in [0.5, 0.6) is 11.5 Å². The van der Waals surface area contributed by atoms with Crippen molar-refractivity contribution in [2.75, 3.05) is 6.54 Å². The lowest BCUT2D eigenvalue weighted by Crippen LogP contribution is -2.33. The van der Waals surface area contributed by atoms with E-state index in [1.54, 1.807) is 4.90 Å². The fourth-order valence-electron chi connectivity index (χ4n) is 2.06. The summed E-state index contributed by atoms with van der Waals surface area (Å²) in [6.07, 6.45) is 2.05. The van der Waals surface area contributed by atoms with Gasteiger partial charge >= 0.3 is 0 Å². The highest BCUT2D eigenvalue weighted by Crippen LogP contribution is 2.27. The van der Waals surface area contributed by atoms with E-state index >= 15 is 0 Å². The highest BCUT2D eigenvalue weighted by molar-refractivity contribution is 5.95. The van der Waals surface area contributed by atoms with E-state index in [0.29, 0.717) is 5.56 Å². The highest BCUT2D eigenvalue weighted by atomic mass is 16.3. The van der Waals surface area contributed by atoms with Gasteiger partial charge < -0.3 is 15.1 Å². The Kier molecular flexibility index (Phi) is 2.73. The molecule has 0 spiro atoms. The number of aromatic hydroxyl groups is 2. The number of rotatable bonds is 1. The van der Waals surface area contributed by atoms with E-state index in [0.717, 1.165) is 19.4 Å². The van der Waals surface area contributed by atoms with Gasteiger partial charge in [-0.25, -0.2) is 0 Å². The molecule has 1 aromatic carbocycles. The van der Waals surface area contributed by atoms with Crippen LogP contribution < -0.4 is 0 Å². The van der Waals surface area contributed by atoms with E-state index < -0.39 is 0 Å². The fraction of sp³-hybridized carbons (Fsp3) is 0.417. The van der Waals surface area contributed by atoms with Crippen LogP contribution in [0.4, 0.5) is 0 Å². The van der Waals surface area contributed by atoms with Crippen LogP contribution in [0.1, 0.15) is 30.1 Å². The molecule has 0 bridgehead atoms. The van der Waals surface area contributed by atoms with Crippen molar-refractivity contribution in [3.63, 3.8) is 0 Å². The third kappa shape index (κ3) is 1.83. The molecule has 1 unspecified atom stereocenters.